The lowest BCUT2D eigenvalue weighted by Crippen LogP contribution is -2.37. The van der Waals surface area contributed by atoms with Crippen LogP contribution in [0.2, 0.25) is 0 Å². The van der Waals surface area contributed by atoms with E-state index in [9.17, 15) is 9.50 Å². The topological polar surface area (TPSA) is 32.7 Å². The number of hydrogen-bond acceptors (Lipinski definition) is 3. The number of aliphatic hydroxyl groups excluding tert-OH is 1. The Morgan fingerprint density at radius 1 is 1.32 bits per heavy atom. The van der Waals surface area contributed by atoms with Crippen LogP contribution in [0.15, 0.2) is 18.2 Å². The summed E-state index contributed by atoms with van der Waals surface area (Å²) in [5.41, 5.74) is 0.892. The molecule has 2 rings (SSSR count). The molecule has 0 radical (unpaired) electrons. The zero-order valence-corrected chi connectivity index (χ0v) is 13.9. The molecule has 1 atom stereocenters. The molecule has 1 fully saturated rings. The Hall–Kier alpha value is -1.13. The zero-order chi connectivity index (χ0) is 16.1. The number of rotatable bonds is 6. The van der Waals surface area contributed by atoms with Gasteiger partial charge in [0.15, 0.2) is 0 Å². The highest BCUT2D eigenvalue weighted by molar-refractivity contribution is 5.33. The molecular weight excluding hydrogens is 281 g/mol. The minimum absolute atomic E-state index is 0.189. The number of aliphatic hydroxyl groups is 1. The van der Waals surface area contributed by atoms with E-state index in [1.54, 1.807) is 19.2 Å². The maximum Gasteiger partial charge on any atom is 0.123 e. The molecule has 1 heterocycles. The Labute approximate surface area is 133 Å². The molecule has 4 heteroatoms. The number of likely N-dealkylation sites (tertiary alicyclic amines) is 1. The molecule has 3 nitrogen and oxygen atoms in total. The van der Waals surface area contributed by atoms with Crippen LogP contribution in [0.4, 0.5) is 4.39 Å². The summed E-state index contributed by atoms with van der Waals surface area (Å²) in [5.74, 6) is 1.44. The number of benzene rings is 1. The van der Waals surface area contributed by atoms with Crippen molar-refractivity contribution in [3.63, 3.8) is 0 Å². The van der Waals surface area contributed by atoms with Crippen molar-refractivity contribution in [2.24, 2.45) is 11.8 Å². The highest BCUT2D eigenvalue weighted by atomic mass is 19.1. The van der Waals surface area contributed by atoms with Crippen molar-refractivity contribution < 1.29 is 14.2 Å². The fraction of sp³-hybridized carbons (Fsp3) is 0.667. The SMILES string of the molecule is COc1ccc(F)cc1CN1CCC([C@H](O)CC(C)C)CC1. The molecular formula is C18H28FNO2. The maximum absolute atomic E-state index is 13.4. The van der Waals surface area contributed by atoms with E-state index in [-0.39, 0.29) is 11.9 Å². The third kappa shape index (κ3) is 4.68. The van der Waals surface area contributed by atoms with Crippen LogP contribution in [0, 0.1) is 17.7 Å². The molecule has 1 N–H and O–H groups in total. The molecule has 0 saturated carbocycles. The second-order valence-corrected chi connectivity index (χ2v) is 6.77. The molecule has 22 heavy (non-hydrogen) atoms. The molecule has 1 aromatic rings. The van der Waals surface area contributed by atoms with Crippen molar-refractivity contribution in [1.82, 2.24) is 4.90 Å². The third-order valence-corrected chi connectivity index (χ3v) is 4.53. The predicted molar refractivity (Wildman–Crippen MR) is 86.4 cm³/mol. The first kappa shape index (κ1) is 17.2. The van der Waals surface area contributed by atoms with E-state index in [4.69, 9.17) is 4.74 Å². The van der Waals surface area contributed by atoms with Crippen molar-refractivity contribution in [2.75, 3.05) is 20.2 Å². The van der Waals surface area contributed by atoms with E-state index in [1.807, 2.05) is 0 Å². The largest absolute Gasteiger partial charge is 0.496 e. The maximum atomic E-state index is 13.4. The average molecular weight is 309 g/mol. The number of ether oxygens (including phenoxy) is 1. The summed E-state index contributed by atoms with van der Waals surface area (Å²) in [7, 11) is 1.62. The minimum atomic E-state index is -0.224. The average Bonchev–Trinajstić information content (AvgIpc) is 2.47. The van der Waals surface area contributed by atoms with E-state index >= 15 is 0 Å². The van der Waals surface area contributed by atoms with E-state index in [2.05, 4.69) is 18.7 Å². The standard InChI is InChI=1S/C18H28FNO2/c1-13(2)10-17(21)14-6-8-20(9-7-14)12-15-11-16(19)4-5-18(15)22-3/h4-5,11,13-14,17,21H,6-10,12H2,1-3H3/t17-/m1/s1. The molecule has 1 aliphatic heterocycles. The zero-order valence-electron chi connectivity index (χ0n) is 13.9. The first-order chi connectivity index (χ1) is 10.5. The van der Waals surface area contributed by atoms with Crippen molar-refractivity contribution in [3.05, 3.63) is 29.6 Å². The summed E-state index contributed by atoms with van der Waals surface area (Å²) >= 11 is 0. The smallest absolute Gasteiger partial charge is 0.123 e. The summed E-state index contributed by atoms with van der Waals surface area (Å²) in [6.45, 7) is 6.88. The summed E-state index contributed by atoms with van der Waals surface area (Å²) < 4.78 is 18.7. The summed E-state index contributed by atoms with van der Waals surface area (Å²) in [6, 6.07) is 4.67. The van der Waals surface area contributed by atoms with Crippen LogP contribution in [-0.2, 0) is 6.54 Å². The number of halogens is 1. The van der Waals surface area contributed by atoms with E-state index in [0.717, 1.165) is 43.7 Å². The van der Waals surface area contributed by atoms with Gasteiger partial charge in [-0.3, -0.25) is 4.90 Å². The Bertz CT molecular complexity index is 470. The van der Waals surface area contributed by atoms with Gasteiger partial charge in [0, 0.05) is 12.1 Å². The highest BCUT2D eigenvalue weighted by Crippen LogP contribution is 2.27. The third-order valence-electron chi connectivity index (χ3n) is 4.53. The second-order valence-electron chi connectivity index (χ2n) is 6.77. The summed E-state index contributed by atoms with van der Waals surface area (Å²) in [4.78, 5) is 2.32. The molecule has 1 aromatic carbocycles. The van der Waals surface area contributed by atoms with Gasteiger partial charge in [-0.1, -0.05) is 13.8 Å². The van der Waals surface area contributed by atoms with Gasteiger partial charge in [0.2, 0.25) is 0 Å². The first-order valence-electron chi connectivity index (χ1n) is 8.22. The van der Waals surface area contributed by atoms with Crippen molar-refractivity contribution in [2.45, 2.75) is 45.8 Å². The number of hydrogen-bond donors (Lipinski definition) is 1. The van der Waals surface area contributed by atoms with Crippen LogP contribution in [0.5, 0.6) is 5.75 Å². The van der Waals surface area contributed by atoms with Crippen molar-refractivity contribution in [3.8, 4) is 5.75 Å². The van der Waals surface area contributed by atoms with Crippen molar-refractivity contribution in [1.29, 1.82) is 0 Å². The molecule has 1 aliphatic rings. The summed E-state index contributed by atoms with van der Waals surface area (Å²) in [5, 5.41) is 10.3. The van der Waals surface area contributed by atoms with Crippen LogP contribution in [-0.4, -0.2) is 36.3 Å². The van der Waals surface area contributed by atoms with Crippen LogP contribution < -0.4 is 4.74 Å². The number of nitrogens with zero attached hydrogens (tertiary/aromatic N) is 1. The molecule has 1 saturated heterocycles. The van der Waals surface area contributed by atoms with E-state index in [0.29, 0.717) is 18.4 Å². The van der Waals surface area contributed by atoms with Crippen LogP contribution >= 0.6 is 0 Å². The number of piperidine rings is 1. The van der Waals surface area contributed by atoms with Gasteiger partial charge in [-0.25, -0.2) is 4.39 Å². The lowest BCUT2D eigenvalue weighted by atomic mass is 9.87. The predicted octanol–water partition coefficient (Wildman–Crippen LogP) is 3.45. The first-order valence-corrected chi connectivity index (χ1v) is 8.22. The van der Waals surface area contributed by atoms with Crippen LogP contribution in [0.25, 0.3) is 0 Å². The quantitative estimate of drug-likeness (QED) is 0.873. The van der Waals surface area contributed by atoms with Gasteiger partial charge in [0.25, 0.3) is 0 Å². The highest BCUT2D eigenvalue weighted by Gasteiger charge is 2.26. The molecule has 0 aromatic heterocycles. The Kier molecular flexibility index (Phi) is 6.21. The summed E-state index contributed by atoms with van der Waals surface area (Å²) in [6.07, 6.45) is 2.70. The Morgan fingerprint density at radius 2 is 2.00 bits per heavy atom. The van der Waals surface area contributed by atoms with Gasteiger partial charge >= 0.3 is 0 Å². The van der Waals surface area contributed by atoms with Gasteiger partial charge in [-0.2, -0.15) is 0 Å². The van der Waals surface area contributed by atoms with Crippen molar-refractivity contribution >= 4 is 0 Å². The van der Waals surface area contributed by atoms with Crippen LogP contribution in [0.3, 0.4) is 0 Å². The monoisotopic (exact) mass is 309 g/mol. The normalized spacial score (nSPS) is 18.6. The molecule has 0 bridgehead atoms. The van der Waals surface area contributed by atoms with Gasteiger partial charge < -0.3 is 9.84 Å². The fourth-order valence-electron chi connectivity index (χ4n) is 3.28. The fourth-order valence-corrected chi connectivity index (χ4v) is 3.28. The minimum Gasteiger partial charge on any atom is -0.496 e. The van der Waals surface area contributed by atoms with Crippen LogP contribution in [0.1, 0.15) is 38.7 Å². The molecule has 124 valence electrons. The lowest BCUT2D eigenvalue weighted by molar-refractivity contribution is 0.0435. The van der Waals surface area contributed by atoms with Gasteiger partial charge in [-0.05, 0) is 62.4 Å². The second kappa shape index (κ2) is 7.93. The van der Waals surface area contributed by atoms with Gasteiger partial charge in [0.05, 0.1) is 13.2 Å². The molecule has 0 spiro atoms. The molecule has 0 unspecified atom stereocenters. The Balaban J connectivity index is 1.89. The Morgan fingerprint density at radius 3 is 2.59 bits per heavy atom. The number of methoxy groups -OCH3 is 1. The van der Waals surface area contributed by atoms with Gasteiger partial charge in [-0.15, -0.1) is 0 Å². The van der Waals surface area contributed by atoms with E-state index in [1.165, 1.54) is 6.07 Å². The lowest BCUT2D eigenvalue weighted by Gasteiger charge is -2.35. The van der Waals surface area contributed by atoms with E-state index < -0.39 is 0 Å². The molecule has 0 amide bonds. The molecule has 0 aliphatic carbocycles. The van der Waals surface area contributed by atoms with Gasteiger partial charge in [0.1, 0.15) is 11.6 Å².